The molecule has 1 aliphatic heterocycles. The molecule has 0 aliphatic carbocycles. The Hall–Kier alpha value is -2.12. The van der Waals surface area contributed by atoms with Crippen LogP contribution in [0.3, 0.4) is 0 Å². The van der Waals surface area contributed by atoms with Crippen molar-refractivity contribution in [3.63, 3.8) is 0 Å². The number of benzene rings is 1. The number of thioether (sulfide) groups is 1. The molecule has 1 saturated heterocycles. The summed E-state index contributed by atoms with van der Waals surface area (Å²) in [5.41, 5.74) is 0.979. The summed E-state index contributed by atoms with van der Waals surface area (Å²) in [6.07, 6.45) is 0.652. The van der Waals surface area contributed by atoms with Gasteiger partial charge in [-0.3, -0.25) is 9.36 Å². The molecule has 0 unspecified atom stereocenters. The second-order valence-electron chi connectivity index (χ2n) is 5.54. The van der Waals surface area contributed by atoms with Crippen LogP contribution in [-0.4, -0.2) is 32.1 Å². The van der Waals surface area contributed by atoms with E-state index < -0.39 is 0 Å². The van der Waals surface area contributed by atoms with Crippen molar-refractivity contribution in [3.05, 3.63) is 47.8 Å². The third-order valence-corrected chi connectivity index (χ3v) is 5.77. The normalized spacial score (nSPS) is 20.3. The number of aromatic nitrogens is 3. The van der Waals surface area contributed by atoms with Crippen molar-refractivity contribution in [1.29, 1.82) is 0 Å². The zero-order valence-electron chi connectivity index (χ0n) is 13.0. The van der Waals surface area contributed by atoms with Gasteiger partial charge in [0.1, 0.15) is 11.4 Å². The van der Waals surface area contributed by atoms with E-state index in [2.05, 4.69) is 10.2 Å². The highest BCUT2D eigenvalue weighted by Gasteiger charge is 2.34. The van der Waals surface area contributed by atoms with Crippen LogP contribution in [0.2, 0.25) is 0 Å². The summed E-state index contributed by atoms with van der Waals surface area (Å²) in [7, 11) is 0. The van der Waals surface area contributed by atoms with E-state index in [1.807, 2.05) is 59.3 Å². The van der Waals surface area contributed by atoms with E-state index in [4.69, 9.17) is 4.74 Å². The topological polar surface area (TPSA) is 57.0 Å². The number of hydrogen-bond acceptors (Lipinski definition) is 6. The highest BCUT2D eigenvalue weighted by molar-refractivity contribution is 8.00. The predicted octanol–water partition coefficient (Wildman–Crippen LogP) is 3.79. The van der Waals surface area contributed by atoms with Gasteiger partial charge in [0.25, 0.3) is 0 Å². The summed E-state index contributed by atoms with van der Waals surface area (Å²) in [4.78, 5) is 13.0. The number of carbonyl (C=O) groups excluding carboxylic acids is 1. The number of rotatable bonds is 4. The fourth-order valence-electron chi connectivity index (χ4n) is 2.66. The van der Waals surface area contributed by atoms with Gasteiger partial charge in [0.2, 0.25) is 0 Å². The second kappa shape index (κ2) is 6.41. The Bertz CT molecular complexity index is 846. The molecular weight excluding hydrogens is 342 g/mol. The Morgan fingerprint density at radius 2 is 2.04 bits per heavy atom. The van der Waals surface area contributed by atoms with Crippen molar-refractivity contribution in [1.82, 2.24) is 14.8 Å². The number of esters is 1. The molecule has 0 N–H and O–H groups in total. The molecule has 4 rings (SSSR count). The number of nitrogens with zero attached hydrogens (tertiary/aromatic N) is 3. The van der Waals surface area contributed by atoms with E-state index in [-0.39, 0.29) is 17.3 Å². The summed E-state index contributed by atoms with van der Waals surface area (Å²) in [5.74, 6) is 0.617. The highest BCUT2D eigenvalue weighted by Crippen LogP contribution is 2.35. The van der Waals surface area contributed by atoms with Gasteiger partial charge in [-0.15, -0.1) is 21.5 Å². The molecule has 122 valence electrons. The van der Waals surface area contributed by atoms with Crippen LogP contribution in [0.25, 0.3) is 16.4 Å². The third kappa shape index (κ3) is 2.85. The van der Waals surface area contributed by atoms with E-state index >= 15 is 0 Å². The molecule has 5 nitrogen and oxygen atoms in total. The predicted molar refractivity (Wildman–Crippen MR) is 94.5 cm³/mol. The zero-order chi connectivity index (χ0) is 16.5. The van der Waals surface area contributed by atoms with Crippen LogP contribution in [-0.2, 0) is 9.53 Å². The molecule has 1 aliphatic rings. The Morgan fingerprint density at radius 1 is 1.21 bits per heavy atom. The van der Waals surface area contributed by atoms with Crippen molar-refractivity contribution in [3.8, 4) is 16.4 Å². The molecule has 24 heavy (non-hydrogen) atoms. The lowest BCUT2D eigenvalue weighted by Crippen LogP contribution is -2.11. The molecule has 0 amide bonds. The Morgan fingerprint density at radius 3 is 2.71 bits per heavy atom. The van der Waals surface area contributed by atoms with Crippen molar-refractivity contribution >= 4 is 29.1 Å². The van der Waals surface area contributed by atoms with Crippen LogP contribution >= 0.6 is 23.1 Å². The first-order valence-corrected chi connectivity index (χ1v) is 9.40. The lowest BCUT2D eigenvalue weighted by molar-refractivity contribution is -0.140. The summed E-state index contributed by atoms with van der Waals surface area (Å²) in [6, 6.07) is 14.0. The van der Waals surface area contributed by atoms with Gasteiger partial charge in [-0.25, -0.2) is 0 Å². The molecule has 3 heterocycles. The second-order valence-corrected chi connectivity index (χ2v) is 7.66. The van der Waals surface area contributed by atoms with Gasteiger partial charge >= 0.3 is 5.97 Å². The van der Waals surface area contributed by atoms with Crippen LogP contribution in [0.4, 0.5) is 0 Å². The van der Waals surface area contributed by atoms with E-state index in [1.165, 1.54) is 11.8 Å². The molecule has 0 bridgehead atoms. The fraction of sp³-hybridized carbons (Fsp3) is 0.235. The minimum Gasteiger partial charge on any atom is -0.462 e. The molecular formula is C17H15N3O2S2. The van der Waals surface area contributed by atoms with Crippen LogP contribution in [0.5, 0.6) is 0 Å². The molecule has 7 heteroatoms. The number of hydrogen-bond donors (Lipinski definition) is 0. The molecule has 1 fully saturated rings. The average molecular weight is 357 g/mol. The van der Waals surface area contributed by atoms with Crippen molar-refractivity contribution in [2.24, 2.45) is 0 Å². The van der Waals surface area contributed by atoms with Gasteiger partial charge in [0, 0.05) is 12.1 Å². The van der Waals surface area contributed by atoms with Gasteiger partial charge in [0.15, 0.2) is 11.0 Å². The smallest absolute Gasteiger partial charge is 0.319 e. The van der Waals surface area contributed by atoms with Crippen molar-refractivity contribution < 1.29 is 9.53 Å². The van der Waals surface area contributed by atoms with E-state index in [9.17, 15) is 4.79 Å². The molecule has 0 spiro atoms. The maximum absolute atomic E-state index is 12.0. The number of ether oxygens (including phenoxy) is 1. The first-order chi connectivity index (χ1) is 11.7. The van der Waals surface area contributed by atoms with Gasteiger partial charge in [0.05, 0.1) is 4.88 Å². The molecule has 1 aromatic carbocycles. The van der Waals surface area contributed by atoms with Crippen LogP contribution in [0.1, 0.15) is 13.3 Å². The van der Waals surface area contributed by atoms with E-state index in [0.29, 0.717) is 11.6 Å². The Balaban J connectivity index is 1.76. The summed E-state index contributed by atoms with van der Waals surface area (Å²) in [5, 5.41) is 11.2. The minimum atomic E-state index is -0.233. The summed E-state index contributed by atoms with van der Waals surface area (Å²) in [6.45, 7) is 1.91. The van der Waals surface area contributed by atoms with E-state index in [0.717, 1.165) is 16.4 Å². The Kier molecular flexibility index (Phi) is 4.12. The van der Waals surface area contributed by atoms with Gasteiger partial charge < -0.3 is 4.74 Å². The highest BCUT2D eigenvalue weighted by atomic mass is 32.2. The quantitative estimate of drug-likeness (QED) is 0.665. The standard InChI is InChI=1S/C17H15N3O2S2/c1-11-10-14(16(21)22-11)24-17-19-18-15(13-8-5-9-23-13)20(17)12-6-3-2-4-7-12/h2-9,11,14H,10H2,1H3/t11-,14+/m1/s1. The van der Waals surface area contributed by atoms with Gasteiger partial charge in [-0.2, -0.15) is 0 Å². The van der Waals surface area contributed by atoms with Gasteiger partial charge in [-0.1, -0.05) is 36.0 Å². The molecule has 3 aromatic rings. The first-order valence-electron chi connectivity index (χ1n) is 7.64. The fourth-order valence-corrected chi connectivity index (χ4v) is 4.52. The first kappa shape index (κ1) is 15.4. The largest absolute Gasteiger partial charge is 0.462 e. The lowest BCUT2D eigenvalue weighted by atomic mass is 10.3. The average Bonchev–Trinajstić information content (AvgIpc) is 3.29. The molecule has 2 atom stereocenters. The monoisotopic (exact) mass is 357 g/mol. The van der Waals surface area contributed by atoms with Crippen LogP contribution in [0, 0.1) is 0 Å². The zero-order valence-corrected chi connectivity index (χ0v) is 14.6. The van der Waals surface area contributed by atoms with E-state index in [1.54, 1.807) is 11.3 Å². The summed E-state index contributed by atoms with van der Waals surface area (Å²) < 4.78 is 7.26. The maximum atomic E-state index is 12.0. The minimum absolute atomic E-state index is 0.0418. The van der Waals surface area contributed by atoms with Crippen LogP contribution in [0.15, 0.2) is 53.0 Å². The maximum Gasteiger partial charge on any atom is 0.319 e. The van der Waals surface area contributed by atoms with Crippen molar-refractivity contribution in [2.75, 3.05) is 0 Å². The van der Waals surface area contributed by atoms with Gasteiger partial charge in [-0.05, 0) is 30.5 Å². The third-order valence-electron chi connectivity index (χ3n) is 3.76. The number of para-hydroxylation sites is 1. The molecule has 0 saturated carbocycles. The SMILES string of the molecule is C[C@@H]1C[C@H](Sc2nnc(-c3cccs3)n2-c2ccccc2)C(=O)O1. The van der Waals surface area contributed by atoms with Crippen LogP contribution < -0.4 is 0 Å². The molecule has 2 aromatic heterocycles. The number of cyclic esters (lactones) is 1. The summed E-state index contributed by atoms with van der Waals surface area (Å²) >= 11 is 3.04. The lowest BCUT2D eigenvalue weighted by Gasteiger charge is -2.10. The number of thiophene rings is 1. The molecule has 0 radical (unpaired) electrons. The Labute approximate surface area is 147 Å². The number of carbonyl (C=O) groups is 1. The van der Waals surface area contributed by atoms with Crippen molar-refractivity contribution in [2.45, 2.75) is 29.9 Å².